The Morgan fingerprint density at radius 3 is 2.38 bits per heavy atom. The number of rotatable bonds is 0. The SMILES string of the molecule is Clc1[c]cc[c]c1I. The summed E-state index contributed by atoms with van der Waals surface area (Å²) in [7, 11) is 0. The Kier molecular flexibility index (Phi) is 2.14. The number of hydrogen-bond donors (Lipinski definition) is 0. The monoisotopic (exact) mass is 236 g/mol. The van der Waals surface area contributed by atoms with Gasteiger partial charge in [-0.2, -0.15) is 0 Å². The molecule has 0 saturated carbocycles. The predicted molar refractivity (Wildman–Crippen MR) is 41.8 cm³/mol. The highest BCUT2D eigenvalue weighted by Gasteiger charge is 1.90. The number of hydrogen-bond acceptors (Lipinski definition) is 0. The molecule has 0 fully saturated rings. The average molecular weight is 236 g/mol. The van der Waals surface area contributed by atoms with Crippen molar-refractivity contribution in [2.45, 2.75) is 0 Å². The zero-order valence-corrected chi connectivity index (χ0v) is 6.82. The van der Waals surface area contributed by atoms with Crippen LogP contribution in [0.1, 0.15) is 0 Å². The highest BCUT2D eigenvalue weighted by molar-refractivity contribution is 14.1. The molecule has 8 heavy (non-hydrogen) atoms. The maximum atomic E-state index is 5.61. The lowest BCUT2D eigenvalue weighted by molar-refractivity contribution is 1.61. The van der Waals surface area contributed by atoms with Crippen LogP contribution in [0.5, 0.6) is 0 Å². The lowest BCUT2D eigenvalue weighted by atomic mass is 10.4. The lowest BCUT2D eigenvalue weighted by Crippen LogP contribution is -1.69. The van der Waals surface area contributed by atoms with E-state index >= 15 is 0 Å². The second-order valence-corrected chi connectivity index (χ2v) is 2.71. The van der Waals surface area contributed by atoms with Crippen LogP contribution in [0.25, 0.3) is 0 Å². The van der Waals surface area contributed by atoms with E-state index in [4.69, 9.17) is 11.6 Å². The molecule has 0 heterocycles. The largest absolute Gasteiger partial charge is 0.0825 e. The van der Waals surface area contributed by atoms with Gasteiger partial charge in [-0.1, -0.05) is 23.7 Å². The Morgan fingerprint density at radius 1 is 1.38 bits per heavy atom. The van der Waals surface area contributed by atoms with Crippen LogP contribution in [0.2, 0.25) is 5.02 Å². The van der Waals surface area contributed by atoms with E-state index in [0.29, 0.717) is 5.02 Å². The molecule has 0 amide bonds. The van der Waals surface area contributed by atoms with Crippen LogP contribution in [0.4, 0.5) is 0 Å². The van der Waals surface area contributed by atoms with Gasteiger partial charge in [0.1, 0.15) is 0 Å². The molecule has 0 spiro atoms. The third-order valence-corrected chi connectivity index (χ3v) is 2.16. The predicted octanol–water partition coefficient (Wildman–Crippen LogP) is 2.54. The molecule has 2 radical (unpaired) electrons. The molecule has 0 aliphatic rings. The van der Waals surface area contributed by atoms with E-state index < -0.39 is 0 Å². The van der Waals surface area contributed by atoms with E-state index in [-0.39, 0.29) is 0 Å². The Morgan fingerprint density at radius 2 is 2.00 bits per heavy atom. The topological polar surface area (TPSA) is 0 Å². The van der Waals surface area contributed by atoms with Gasteiger partial charge < -0.3 is 0 Å². The van der Waals surface area contributed by atoms with Gasteiger partial charge in [0.15, 0.2) is 0 Å². The molecule has 0 unspecified atom stereocenters. The van der Waals surface area contributed by atoms with Crippen molar-refractivity contribution in [2.24, 2.45) is 0 Å². The summed E-state index contributed by atoms with van der Waals surface area (Å²) in [5.41, 5.74) is 0. The van der Waals surface area contributed by atoms with Crippen molar-refractivity contribution in [3.8, 4) is 0 Å². The molecular weight excluding hydrogens is 234 g/mol. The third kappa shape index (κ3) is 1.36. The minimum Gasteiger partial charge on any atom is -0.0825 e. The van der Waals surface area contributed by atoms with Crippen molar-refractivity contribution in [1.29, 1.82) is 0 Å². The quantitative estimate of drug-likeness (QED) is 0.607. The van der Waals surface area contributed by atoms with E-state index in [1.54, 1.807) is 12.1 Å². The van der Waals surface area contributed by atoms with E-state index in [9.17, 15) is 0 Å². The molecule has 0 nitrogen and oxygen atoms in total. The van der Waals surface area contributed by atoms with Gasteiger partial charge in [0.25, 0.3) is 0 Å². The van der Waals surface area contributed by atoms with Crippen LogP contribution in [0, 0.1) is 15.7 Å². The fourth-order valence-corrected chi connectivity index (χ4v) is 0.809. The van der Waals surface area contributed by atoms with Crippen LogP contribution in [0.15, 0.2) is 12.1 Å². The molecular formula is C6H2ClI. The van der Waals surface area contributed by atoms with Crippen molar-refractivity contribution in [3.63, 3.8) is 0 Å². The molecule has 0 bridgehead atoms. The van der Waals surface area contributed by atoms with Gasteiger partial charge >= 0.3 is 0 Å². The normalized spacial score (nSPS) is 9.25. The summed E-state index contributed by atoms with van der Waals surface area (Å²) in [5.74, 6) is 0. The second kappa shape index (κ2) is 2.69. The smallest absolute Gasteiger partial charge is 0.0624 e. The van der Waals surface area contributed by atoms with E-state index in [2.05, 4.69) is 34.7 Å². The summed E-state index contributed by atoms with van der Waals surface area (Å²) in [4.78, 5) is 0. The molecule has 2 heteroatoms. The first-order chi connectivity index (χ1) is 3.80. The number of benzene rings is 1. The molecule has 0 aliphatic heterocycles. The van der Waals surface area contributed by atoms with Crippen molar-refractivity contribution in [1.82, 2.24) is 0 Å². The lowest BCUT2D eigenvalue weighted by Gasteiger charge is -1.87. The van der Waals surface area contributed by atoms with E-state index in [1.807, 2.05) is 0 Å². The average Bonchev–Trinajstić information content (AvgIpc) is 1.77. The molecule has 1 aromatic rings. The van der Waals surface area contributed by atoms with Crippen LogP contribution in [-0.4, -0.2) is 0 Å². The van der Waals surface area contributed by atoms with E-state index in [0.717, 1.165) is 3.57 Å². The fraction of sp³-hybridized carbons (Fsp3) is 0. The van der Waals surface area contributed by atoms with Gasteiger partial charge in [0.2, 0.25) is 0 Å². The van der Waals surface area contributed by atoms with Gasteiger partial charge in [0.05, 0.1) is 5.02 Å². The minimum atomic E-state index is 0.646. The van der Waals surface area contributed by atoms with E-state index in [1.165, 1.54) is 0 Å². The van der Waals surface area contributed by atoms with Crippen LogP contribution >= 0.6 is 34.2 Å². The van der Waals surface area contributed by atoms with Crippen molar-refractivity contribution < 1.29 is 0 Å². The molecule has 0 N–H and O–H groups in total. The first-order valence-electron chi connectivity index (χ1n) is 2.04. The van der Waals surface area contributed by atoms with Crippen LogP contribution < -0.4 is 0 Å². The maximum absolute atomic E-state index is 5.61. The first kappa shape index (κ1) is 6.36. The summed E-state index contributed by atoms with van der Waals surface area (Å²) in [6.07, 6.45) is 0. The highest BCUT2D eigenvalue weighted by atomic mass is 127. The Bertz CT molecular complexity index is 165. The third-order valence-electron chi connectivity index (χ3n) is 0.696. The standard InChI is InChI=1S/C6H2ClI/c7-5-3-1-2-4-6(5)8/h1-2H. The Labute approximate surface area is 67.0 Å². The summed E-state index contributed by atoms with van der Waals surface area (Å²) in [6.45, 7) is 0. The molecule has 0 aromatic heterocycles. The first-order valence-corrected chi connectivity index (χ1v) is 3.50. The fourth-order valence-electron chi connectivity index (χ4n) is 0.356. The Hall–Kier alpha value is 0.240. The van der Waals surface area contributed by atoms with Crippen molar-refractivity contribution in [3.05, 3.63) is 32.9 Å². The zero-order valence-electron chi connectivity index (χ0n) is 3.91. The molecule has 0 saturated heterocycles. The summed E-state index contributed by atoms with van der Waals surface area (Å²) in [6, 6.07) is 9.28. The van der Waals surface area contributed by atoms with Gasteiger partial charge in [-0.25, -0.2) is 0 Å². The van der Waals surface area contributed by atoms with Gasteiger partial charge in [-0.05, 0) is 28.7 Å². The molecule has 1 aromatic carbocycles. The van der Waals surface area contributed by atoms with Crippen LogP contribution in [-0.2, 0) is 0 Å². The minimum absolute atomic E-state index is 0.646. The molecule has 0 atom stereocenters. The molecule has 40 valence electrons. The molecule has 0 aliphatic carbocycles. The van der Waals surface area contributed by atoms with Crippen molar-refractivity contribution in [2.75, 3.05) is 0 Å². The van der Waals surface area contributed by atoms with Gasteiger partial charge in [-0.3, -0.25) is 0 Å². The number of halogens is 2. The summed E-state index contributed by atoms with van der Waals surface area (Å²) in [5, 5.41) is 0.646. The summed E-state index contributed by atoms with van der Waals surface area (Å²) < 4.78 is 0.923. The van der Waals surface area contributed by atoms with Crippen molar-refractivity contribution >= 4 is 34.2 Å². The summed E-state index contributed by atoms with van der Waals surface area (Å²) >= 11 is 7.72. The maximum Gasteiger partial charge on any atom is 0.0624 e. The van der Waals surface area contributed by atoms with Crippen LogP contribution in [0.3, 0.4) is 0 Å². The molecule has 1 rings (SSSR count). The van der Waals surface area contributed by atoms with Gasteiger partial charge in [-0.15, -0.1) is 0 Å². The Balaban J connectivity index is 3.13. The zero-order chi connectivity index (χ0) is 5.98. The second-order valence-electron chi connectivity index (χ2n) is 1.25. The highest BCUT2D eigenvalue weighted by Crippen LogP contribution is 2.14. The van der Waals surface area contributed by atoms with Gasteiger partial charge in [0, 0.05) is 9.64 Å².